The van der Waals surface area contributed by atoms with Crippen LogP contribution in [0.1, 0.15) is 5.56 Å². The molecule has 3 heterocycles. The highest BCUT2D eigenvalue weighted by atomic mass is 79.9. The van der Waals surface area contributed by atoms with E-state index in [0.29, 0.717) is 32.8 Å². The van der Waals surface area contributed by atoms with E-state index in [2.05, 4.69) is 25.8 Å². The molecule has 1 fully saturated rings. The van der Waals surface area contributed by atoms with Gasteiger partial charge in [0.2, 0.25) is 0 Å². The number of hydrogen-bond acceptors (Lipinski definition) is 4. The van der Waals surface area contributed by atoms with Gasteiger partial charge in [0.15, 0.2) is 0 Å². The summed E-state index contributed by atoms with van der Waals surface area (Å²) in [6.07, 6.45) is 0.901. The molecule has 0 saturated carbocycles. The number of hydrogen-bond donors (Lipinski definition) is 1. The zero-order valence-corrected chi connectivity index (χ0v) is 11.8. The minimum atomic E-state index is -0.868. The predicted octanol–water partition coefficient (Wildman–Crippen LogP) is 1.54. The summed E-state index contributed by atoms with van der Waals surface area (Å²) in [6, 6.07) is 2.05. The molecule has 2 aliphatic heterocycles. The van der Waals surface area contributed by atoms with Crippen LogP contribution in [0.5, 0.6) is 0 Å². The summed E-state index contributed by atoms with van der Waals surface area (Å²) in [5.41, 5.74) is 1.04. The molecule has 0 spiro atoms. The van der Waals surface area contributed by atoms with Crippen LogP contribution in [0, 0.1) is 0 Å². The van der Waals surface area contributed by atoms with Crippen molar-refractivity contribution in [1.82, 2.24) is 9.88 Å². The molecule has 1 aromatic rings. The SMILES string of the molecule is O=C(O)N1CCN2c3ncc(Br)cc3COCC2C1. The van der Waals surface area contributed by atoms with Crippen LogP contribution in [0.2, 0.25) is 0 Å². The number of anilines is 1. The maximum Gasteiger partial charge on any atom is 0.407 e. The van der Waals surface area contributed by atoms with Crippen molar-refractivity contribution in [2.75, 3.05) is 31.1 Å². The van der Waals surface area contributed by atoms with Gasteiger partial charge in [-0.15, -0.1) is 0 Å². The first-order chi connectivity index (χ1) is 9.15. The average molecular weight is 328 g/mol. The highest BCUT2D eigenvalue weighted by Crippen LogP contribution is 2.28. The molecule has 2 aliphatic rings. The topological polar surface area (TPSA) is 65.9 Å². The molecule has 3 rings (SSSR count). The van der Waals surface area contributed by atoms with Crippen LogP contribution in [0.4, 0.5) is 10.6 Å². The van der Waals surface area contributed by atoms with E-state index in [1.807, 2.05) is 6.07 Å². The molecule has 1 N–H and O–H groups in total. The summed E-state index contributed by atoms with van der Waals surface area (Å²) >= 11 is 3.41. The fraction of sp³-hybridized carbons (Fsp3) is 0.500. The summed E-state index contributed by atoms with van der Waals surface area (Å²) in [7, 11) is 0. The number of carboxylic acid groups (broad SMARTS) is 1. The summed E-state index contributed by atoms with van der Waals surface area (Å²) in [5.74, 6) is 0.913. The molecule has 7 heteroatoms. The second-order valence-electron chi connectivity index (χ2n) is 4.73. The Morgan fingerprint density at radius 1 is 1.53 bits per heavy atom. The Bertz CT molecular complexity index is 511. The molecule has 1 unspecified atom stereocenters. The first-order valence-corrected chi connectivity index (χ1v) is 6.91. The summed E-state index contributed by atoms with van der Waals surface area (Å²) in [5, 5.41) is 9.08. The minimum absolute atomic E-state index is 0.0415. The van der Waals surface area contributed by atoms with E-state index in [9.17, 15) is 4.79 Å². The zero-order valence-electron chi connectivity index (χ0n) is 10.3. The number of rotatable bonds is 0. The molecular formula is C12H14BrN3O3. The van der Waals surface area contributed by atoms with Crippen LogP contribution in [-0.2, 0) is 11.3 Å². The first-order valence-electron chi connectivity index (χ1n) is 6.12. The van der Waals surface area contributed by atoms with Gasteiger partial charge in [-0.1, -0.05) is 0 Å². The monoisotopic (exact) mass is 327 g/mol. The van der Waals surface area contributed by atoms with Gasteiger partial charge in [0.25, 0.3) is 0 Å². The maximum absolute atomic E-state index is 11.0. The Labute approximate surface area is 119 Å². The fourth-order valence-corrected chi connectivity index (χ4v) is 2.97. The number of ether oxygens (including phenoxy) is 1. The number of nitrogens with zero attached hydrogens (tertiary/aromatic N) is 3. The van der Waals surface area contributed by atoms with E-state index in [0.717, 1.165) is 15.9 Å². The lowest BCUT2D eigenvalue weighted by molar-refractivity contribution is 0.0865. The van der Waals surface area contributed by atoms with Crippen molar-refractivity contribution in [1.29, 1.82) is 0 Å². The number of amides is 1. The van der Waals surface area contributed by atoms with E-state index in [-0.39, 0.29) is 6.04 Å². The predicted molar refractivity (Wildman–Crippen MR) is 72.3 cm³/mol. The zero-order chi connectivity index (χ0) is 13.4. The highest BCUT2D eigenvalue weighted by molar-refractivity contribution is 9.10. The molecule has 0 aromatic carbocycles. The van der Waals surface area contributed by atoms with Crippen molar-refractivity contribution in [3.05, 3.63) is 22.3 Å². The van der Waals surface area contributed by atoms with Crippen molar-refractivity contribution in [2.45, 2.75) is 12.6 Å². The molecule has 1 aromatic heterocycles. The van der Waals surface area contributed by atoms with Gasteiger partial charge in [-0.2, -0.15) is 0 Å². The third-order valence-corrected chi connectivity index (χ3v) is 3.94. The van der Waals surface area contributed by atoms with Gasteiger partial charge in [0.05, 0.1) is 19.3 Å². The molecular weight excluding hydrogens is 314 g/mol. The Morgan fingerprint density at radius 2 is 2.37 bits per heavy atom. The third-order valence-electron chi connectivity index (χ3n) is 3.50. The van der Waals surface area contributed by atoms with E-state index in [4.69, 9.17) is 9.84 Å². The fourth-order valence-electron chi connectivity index (χ4n) is 2.59. The van der Waals surface area contributed by atoms with Crippen molar-refractivity contribution < 1.29 is 14.6 Å². The van der Waals surface area contributed by atoms with Crippen LogP contribution >= 0.6 is 15.9 Å². The van der Waals surface area contributed by atoms with Crippen LogP contribution in [0.15, 0.2) is 16.7 Å². The Balaban J connectivity index is 1.89. The van der Waals surface area contributed by atoms with E-state index in [1.165, 1.54) is 4.90 Å². The number of pyridine rings is 1. The Kier molecular flexibility index (Phi) is 3.32. The lowest BCUT2D eigenvalue weighted by Crippen LogP contribution is -2.56. The van der Waals surface area contributed by atoms with Crippen molar-refractivity contribution in [3.63, 3.8) is 0 Å². The van der Waals surface area contributed by atoms with E-state index < -0.39 is 6.09 Å². The first kappa shape index (κ1) is 12.7. The molecule has 6 nitrogen and oxygen atoms in total. The molecule has 0 radical (unpaired) electrons. The van der Waals surface area contributed by atoms with Gasteiger partial charge in [0, 0.05) is 35.9 Å². The quantitative estimate of drug-likeness (QED) is 0.783. The second-order valence-corrected chi connectivity index (χ2v) is 5.64. The summed E-state index contributed by atoms with van der Waals surface area (Å²) < 4.78 is 6.58. The molecule has 0 bridgehead atoms. The Morgan fingerprint density at radius 3 is 3.16 bits per heavy atom. The number of halogens is 1. The third kappa shape index (κ3) is 2.40. The van der Waals surface area contributed by atoms with Gasteiger partial charge in [-0.05, 0) is 22.0 Å². The van der Waals surface area contributed by atoms with Crippen molar-refractivity contribution in [3.8, 4) is 0 Å². The smallest absolute Gasteiger partial charge is 0.407 e. The molecule has 1 amide bonds. The maximum atomic E-state index is 11.0. The van der Waals surface area contributed by atoms with Gasteiger partial charge in [-0.25, -0.2) is 9.78 Å². The van der Waals surface area contributed by atoms with E-state index >= 15 is 0 Å². The van der Waals surface area contributed by atoms with Crippen LogP contribution in [0.25, 0.3) is 0 Å². The number of piperazine rings is 1. The average Bonchev–Trinajstić information content (AvgIpc) is 2.56. The van der Waals surface area contributed by atoms with Gasteiger partial charge in [0.1, 0.15) is 5.82 Å². The molecule has 0 aliphatic carbocycles. The van der Waals surface area contributed by atoms with E-state index in [1.54, 1.807) is 6.20 Å². The van der Waals surface area contributed by atoms with Crippen molar-refractivity contribution >= 4 is 27.8 Å². The van der Waals surface area contributed by atoms with Gasteiger partial charge >= 0.3 is 6.09 Å². The van der Waals surface area contributed by atoms with Gasteiger partial charge < -0.3 is 19.6 Å². The second kappa shape index (κ2) is 4.97. The van der Waals surface area contributed by atoms with Crippen molar-refractivity contribution in [2.24, 2.45) is 0 Å². The molecule has 1 atom stereocenters. The largest absolute Gasteiger partial charge is 0.465 e. The molecule has 1 saturated heterocycles. The van der Waals surface area contributed by atoms with Crippen LogP contribution < -0.4 is 4.90 Å². The lowest BCUT2D eigenvalue weighted by atomic mass is 10.1. The lowest BCUT2D eigenvalue weighted by Gasteiger charge is -2.40. The summed E-state index contributed by atoms with van der Waals surface area (Å²) in [6.45, 7) is 2.66. The van der Waals surface area contributed by atoms with Crippen LogP contribution in [-0.4, -0.2) is 53.4 Å². The highest BCUT2D eigenvalue weighted by Gasteiger charge is 2.33. The van der Waals surface area contributed by atoms with Gasteiger partial charge in [-0.3, -0.25) is 0 Å². The normalized spacial score (nSPS) is 22.5. The summed E-state index contributed by atoms with van der Waals surface area (Å²) in [4.78, 5) is 19.1. The molecule has 19 heavy (non-hydrogen) atoms. The number of carbonyl (C=O) groups is 1. The number of aromatic nitrogens is 1. The standard InChI is InChI=1S/C12H14BrN3O3/c13-9-3-8-6-19-7-10-5-15(12(17)18)1-2-16(10)11(8)14-4-9/h3-4,10H,1-2,5-7H2,(H,17,18). The molecule has 102 valence electrons. The minimum Gasteiger partial charge on any atom is -0.465 e. The Hall–Kier alpha value is -1.34. The number of fused-ring (bicyclic) bond motifs is 3. The van der Waals surface area contributed by atoms with Crippen LogP contribution in [0.3, 0.4) is 0 Å².